The first-order valence-corrected chi connectivity index (χ1v) is 11.2. The van der Waals surface area contributed by atoms with Gasteiger partial charge in [-0.05, 0) is 19.1 Å². The fourth-order valence-corrected chi connectivity index (χ4v) is 4.42. The lowest BCUT2D eigenvalue weighted by atomic mass is 10.1. The van der Waals surface area contributed by atoms with Crippen molar-refractivity contribution in [2.45, 2.75) is 13.5 Å². The third-order valence-corrected chi connectivity index (χ3v) is 6.17. The van der Waals surface area contributed by atoms with E-state index in [4.69, 9.17) is 12.3 Å². The number of aryl methyl sites for hydroxylation is 2. The highest BCUT2D eigenvalue weighted by molar-refractivity contribution is 6.08. The zero-order chi connectivity index (χ0) is 25.8. The van der Waals surface area contributed by atoms with Gasteiger partial charge in [0.1, 0.15) is 29.1 Å². The predicted octanol–water partition coefficient (Wildman–Crippen LogP) is 3.69. The van der Waals surface area contributed by atoms with Gasteiger partial charge in [0, 0.05) is 31.7 Å². The molecule has 5 aromatic heterocycles. The van der Waals surface area contributed by atoms with Gasteiger partial charge in [-0.25, -0.2) is 24.2 Å². The number of nitrogens with two attached hydrogens (primary N) is 1. The van der Waals surface area contributed by atoms with Gasteiger partial charge >= 0.3 is 0 Å². The Labute approximate surface area is 209 Å². The molecule has 5 heterocycles. The molecule has 6 aromatic rings. The van der Waals surface area contributed by atoms with Gasteiger partial charge in [-0.3, -0.25) is 18.8 Å². The number of hydrogen-bond acceptors (Lipinski definition) is 6. The van der Waals surface area contributed by atoms with Crippen LogP contribution < -0.4 is 10.6 Å². The molecule has 1 amide bonds. The molecule has 0 radical (unpaired) electrons. The van der Waals surface area contributed by atoms with E-state index in [1.807, 2.05) is 0 Å². The van der Waals surface area contributed by atoms with Crippen molar-refractivity contribution in [1.29, 1.82) is 0 Å². The molecule has 1 aromatic carbocycles. The second-order valence-electron chi connectivity index (χ2n) is 8.63. The normalized spacial score (nSPS) is 11.4. The van der Waals surface area contributed by atoms with Gasteiger partial charge in [-0.1, -0.05) is 6.07 Å². The summed E-state index contributed by atoms with van der Waals surface area (Å²) in [4.78, 5) is 31.9. The summed E-state index contributed by atoms with van der Waals surface area (Å²) in [6, 6.07) is 6.06. The summed E-state index contributed by atoms with van der Waals surface area (Å²) in [5.41, 5.74) is 10.1. The largest absolute Gasteiger partial charge is 0.382 e. The Morgan fingerprint density at radius 2 is 2.05 bits per heavy atom. The van der Waals surface area contributed by atoms with E-state index in [1.54, 1.807) is 64.5 Å². The number of anilines is 2. The van der Waals surface area contributed by atoms with E-state index in [0.29, 0.717) is 45.0 Å². The molecule has 0 aliphatic rings. The van der Waals surface area contributed by atoms with Crippen molar-refractivity contribution in [3.63, 3.8) is 0 Å². The Hall–Kier alpha value is -5.31. The van der Waals surface area contributed by atoms with Crippen LogP contribution in [0, 0.1) is 19.3 Å². The first-order valence-electron chi connectivity index (χ1n) is 11.2. The molecule has 0 aliphatic carbocycles. The number of pyridine rings is 1. The number of amides is 1. The molecule has 0 spiro atoms. The molecule has 0 saturated carbocycles. The Kier molecular flexibility index (Phi) is 4.87. The summed E-state index contributed by atoms with van der Waals surface area (Å²) in [5.74, 6) is -1.08. The summed E-state index contributed by atoms with van der Waals surface area (Å²) < 4.78 is 20.3. The minimum atomic E-state index is -0.730. The molecule has 0 unspecified atom stereocenters. The topological polar surface area (TPSA) is 116 Å². The summed E-state index contributed by atoms with van der Waals surface area (Å²) in [5, 5.41) is 4.18. The second-order valence-corrected chi connectivity index (χ2v) is 8.63. The summed E-state index contributed by atoms with van der Waals surface area (Å²) in [6.07, 6.45) is 8.17. The molecule has 6 rings (SSSR count). The van der Waals surface area contributed by atoms with Crippen LogP contribution in [-0.4, -0.2) is 39.4 Å². The standard InChI is InChI=1S/C25H19FN10O/c1-14-23-24(27)32-20-7-19(26)18(6-21(20)36(23)13-29-14)25(37)35(17-8-30-33(3)12-17)11-16-10-34-9-15(28-2)4-5-22(34)31-16/h4-10,12-13H,11H2,1,3H3,(H2,27,32). The third-order valence-electron chi connectivity index (χ3n) is 6.17. The Morgan fingerprint density at radius 1 is 1.22 bits per heavy atom. The van der Waals surface area contributed by atoms with Gasteiger partial charge in [0.25, 0.3) is 5.91 Å². The highest BCUT2D eigenvalue weighted by atomic mass is 19.1. The van der Waals surface area contributed by atoms with E-state index in [9.17, 15) is 4.79 Å². The zero-order valence-electron chi connectivity index (χ0n) is 19.8. The zero-order valence-corrected chi connectivity index (χ0v) is 19.8. The second kappa shape index (κ2) is 8.13. The number of aromatic nitrogens is 7. The van der Waals surface area contributed by atoms with E-state index in [-0.39, 0.29) is 17.9 Å². The van der Waals surface area contributed by atoms with E-state index in [1.165, 1.54) is 23.2 Å². The van der Waals surface area contributed by atoms with Crippen molar-refractivity contribution in [3.8, 4) is 0 Å². The Bertz CT molecular complexity index is 1910. The maximum Gasteiger partial charge on any atom is 0.261 e. The van der Waals surface area contributed by atoms with Crippen LogP contribution in [0.15, 0.2) is 55.4 Å². The molecule has 2 N–H and O–H groups in total. The SMILES string of the molecule is [C-]#[N+]c1ccc2nc(CN(C(=O)c3cc4c(cc3F)nc(N)c3c(C)ncn34)c3cnn(C)c3)cn2c1. The van der Waals surface area contributed by atoms with Crippen molar-refractivity contribution in [2.75, 3.05) is 10.6 Å². The highest BCUT2D eigenvalue weighted by Gasteiger charge is 2.25. The number of rotatable bonds is 4. The van der Waals surface area contributed by atoms with Gasteiger partial charge in [-0.2, -0.15) is 5.10 Å². The number of carbonyl (C=O) groups excluding carboxylic acids is 1. The molecular weight excluding hydrogens is 475 g/mol. The van der Waals surface area contributed by atoms with Crippen molar-refractivity contribution in [1.82, 2.24) is 33.5 Å². The number of imidazole rings is 2. The molecule has 0 bridgehead atoms. The maximum absolute atomic E-state index is 15.4. The average Bonchev–Trinajstić information content (AvgIpc) is 3.59. The number of hydrogen-bond donors (Lipinski definition) is 1. The molecule has 182 valence electrons. The molecule has 37 heavy (non-hydrogen) atoms. The average molecular weight is 494 g/mol. The van der Waals surface area contributed by atoms with Crippen molar-refractivity contribution < 1.29 is 9.18 Å². The van der Waals surface area contributed by atoms with E-state index < -0.39 is 11.7 Å². The van der Waals surface area contributed by atoms with E-state index in [0.717, 1.165) is 0 Å². The molecule has 0 aliphatic heterocycles. The van der Waals surface area contributed by atoms with Gasteiger partial charge in [-0.15, -0.1) is 0 Å². The van der Waals surface area contributed by atoms with E-state index in [2.05, 4.69) is 24.9 Å². The minimum Gasteiger partial charge on any atom is -0.382 e. The summed E-state index contributed by atoms with van der Waals surface area (Å²) >= 11 is 0. The van der Waals surface area contributed by atoms with Crippen LogP contribution in [0.4, 0.5) is 21.6 Å². The first-order chi connectivity index (χ1) is 17.8. The fraction of sp³-hybridized carbons (Fsp3) is 0.120. The van der Waals surface area contributed by atoms with Crippen LogP contribution in [-0.2, 0) is 13.6 Å². The predicted molar refractivity (Wildman–Crippen MR) is 135 cm³/mol. The molecule has 0 saturated heterocycles. The minimum absolute atomic E-state index is 0.0522. The lowest BCUT2D eigenvalue weighted by Gasteiger charge is -2.21. The van der Waals surface area contributed by atoms with Crippen LogP contribution in [0.1, 0.15) is 21.7 Å². The number of nitrogens with zero attached hydrogens (tertiary/aromatic N) is 9. The molecule has 11 nitrogen and oxygen atoms in total. The summed E-state index contributed by atoms with van der Waals surface area (Å²) in [7, 11) is 1.73. The number of benzene rings is 1. The molecule has 0 atom stereocenters. The monoisotopic (exact) mass is 494 g/mol. The van der Waals surface area contributed by atoms with Gasteiger partial charge in [0.05, 0.1) is 53.0 Å². The molecular formula is C25H19FN10O. The number of nitrogen functional groups attached to an aromatic ring is 1. The Balaban J connectivity index is 1.47. The lowest BCUT2D eigenvalue weighted by molar-refractivity contribution is 0.0981. The fourth-order valence-electron chi connectivity index (χ4n) is 4.42. The number of carbonyl (C=O) groups is 1. The quantitative estimate of drug-likeness (QED) is 0.374. The van der Waals surface area contributed by atoms with Crippen LogP contribution in [0.3, 0.4) is 0 Å². The van der Waals surface area contributed by atoms with Crippen LogP contribution in [0.25, 0.3) is 27.0 Å². The lowest BCUT2D eigenvalue weighted by Crippen LogP contribution is -2.31. The maximum atomic E-state index is 15.4. The van der Waals surface area contributed by atoms with Crippen molar-refractivity contribution in [3.05, 3.63) is 89.6 Å². The number of halogens is 1. The summed E-state index contributed by atoms with van der Waals surface area (Å²) in [6.45, 7) is 9.08. The van der Waals surface area contributed by atoms with Crippen molar-refractivity contribution >= 4 is 45.3 Å². The van der Waals surface area contributed by atoms with Crippen LogP contribution in [0.2, 0.25) is 0 Å². The molecule has 0 fully saturated rings. The Morgan fingerprint density at radius 3 is 2.81 bits per heavy atom. The van der Waals surface area contributed by atoms with Crippen LogP contribution in [0.5, 0.6) is 0 Å². The van der Waals surface area contributed by atoms with Gasteiger partial charge in [0.15, 0.2) is 0 Å². The van der Waals surface area contributed by atoms with Crippen LogP contribution >= 0.6 is 0 Å². The van der Waals surface area contributed by atoms with E-state index >= 15 is 4.39 Å². The van der Waals surface area contributed by atoms with Gasteiger partial charge in [0.2, 0.25) is 5.69 Å². The highest BCUT2D eigenvalue weighted by Crippen LogP contribution is 2.27. The number of fused-ring (bicyclic) bond motifs is 4. The smallest absolute Gasteiger partial charge is 0.261 e. The molecule has 12 heteroatoms. The third kappa shape index (κ3) is 3.61. The first kappa shape index (κ1) is 22.2. The van der Waals surface area contributed by atoms with Crippen molar-refractivity contribution in [2.24, 2.45) is 7.05 Å². The van der Waals surface area contributed by atoms with Gasteiger partial charge < -0.3 is 10.1 Å².